The van der Waals surface area contributed by atoms with E-state index >= 15 is 0 Å². The zero-order chi connectivity index (χ0) is 19.9. The van der Waals surface area contributed by atoms with Crippen LogP contribution in [0.5, 0.6) is 23.1 Å². The lowest BCUT2D eigenvalue weighted by Gasteiger charge is -2.11. The van der Waals surface area contributed by atoms with Gasteiger partial charge in [-0.25, -0.2) is 4.98 Å². The minimum absolute atomic E-state index is 0.0796. The number of carbonyl (C=O) groups is 1. The van der Waals surface area contributed by atoms with E-state index < -0.39 is 0 Å². The van der Waals surface area contributed by atoms with Crippen molar-refractivity contribution in [2.45, 2.75) is 13.8 Å². The molecule has 1 heterocycles. The second-order valence-corrected chi connectivity index (χ2v) is 6.24. The molecular weight excluding hydrogens is 356 g/mol. The van der Waals surface area contributed by atoms with E-state index in [0.717, 1.165) is 11.1 Å². The number of anilines is 1. The fourth-order valence-corrected chi connectivity index (χ4v) is 2.53. The van der Waals surface area contributed by atoms with E-state index in [0.29, 0.717) is 28.8 Å². The standard InChI is InChI=1S/C22H22N2O4/c1-15-8-9-16(2)20(12-15)27-14-21(25)24-17-10-11-22(23-13-17)28-19-7-5-4-6-18(19)26-3/h4-13H,14H2,1-3H3,(H,24,25). The number of carbonyl (C=O) groups excluding carboxylic acids is 1. The molecule has 0 spiro atoms. The molecule has 3 aromatic rings. The SMILES string of the molecule is COc1ccccc1Oc1ccc(NC(=O)COc2cc(C)ccc2C)cn1. The normalized spacial score (nSPS) is 10.2. The largest absolute Gasteiger partial charge is 0.493 e. The molecule has 0 bridgehead atoms. The quantitative estimate of drug-likeness (QED) is 0.655. The molecule has 0 atom stereocenters. The molecule has 1 N–H and O–H groups in total. The van der Waals surface area contributed by atoms with Crippen LogP contribution in [-0.2, 0) is 4.79 Å². The van der Waals surface area contributed by atoms with Crippen LogP contribution < -0.4 is 19.5 Å². The molecule has 3 rings (SSSR count). The zero-order valence-corrected chi connectivity index (χ0v) is 16.1. The van der Waals surface area contributed by atoms with Gasteiger partial charge in [-0.05, 0) is 49.2 Å². The maximum atomic E-state index is 12.1. The van der Waals surface area contributed by atoms with Gasteiger partial charge in [0.15, 0.2) is 18.1 Å². The lowest BCUT2D eigenvalue weighted by Crippen LogP contribution is -2.20. The van der Waals surface area contributed by atoms with Gasteiger partial charge >= 0.3 is 0 Å². The van der Waals surface area contributed by atoms with Crippen LogP contribution in [0.2, 0.25) is 0 Å². The lowest BCUT2D eigenvalue weighted by molar-refractivity contribution is -0.118. The summed E-state index contributed by atoms with van der Waals surface area (Å²) in [6, 6.07) is 16.6. The maximum absolute atomic E-state index is 12.1. The average Bonchev–Trinajstić information content (AvgIpc) is 2.70. The number of pyridine rings is 1. The number of aromatic nitrogens is 1. The number of amides is 1. The van der Waals surface area contributed by atoms with Crippen molar-refractivity contribution in [3.05, 3.63) is 71.9 Å². The Balaban J connectivity index is 1.56. The van der Waals surface area contributed by atoms with Crippen molar-refractivity contribution in [3.8, 4) is 23.1 Å². The molecule has 144 valence electrons. The molecule has 1 amide bonds. The molecule has 1 aromatic heterocycles. The second-order valence-electron chi connectivity index (χ2n) is 6.24. The Morgan fingerprint density at radius 2 is 1.79 bits per heavy atom. The molecule has 6 nitrogen and oxygen atoms in total. The van der Waals surface area contributed by atoms with Gasteiger partial charge in [0, 0.05) is 6.07 Å². The van der Waals surface area contributed by atoms with Crippen molar-refractivity contribution in [1.82, 2.24) is 4.98 Å². The van der Waals surface area contributed by atoms with Gasteiger partial charge in [-0.3, -0.25) is 4.79 Å². The Kier molecular flexibility index (Phi) is 6.11. The summed E-state index contributed by atoms with van der Waals surface area (Å²) in [6.45, 7) is 3.84. The summed E-state index contributed by atoms with van der Waals surface area (Å²) in [5.41, 5.74) is 2.62. The van der Waals surface area contributed by atoms with E-state index in [4.69, 9.17) is 14.2 Å². The first kappa shape index (κ1) is 19.2. The van der Waals surface area contributed by atoms with Crippen LogP contribution in [0.3, 0.4) is 0 Å². The highest BCUT2D eigenvalue weighted by atomic mass is 16.5. The van der Waals surface area contributed by atoms with Gasteiger partial charge in [-0.1, -0.05) is 24.3 Å². The Bertz CT molecular complexity index is 955. The number of ether oxygens (including phenoxy) is 3. The number of para-hydroxylation sites is 2. The van der Waals surface area contributed by atoms with Crippen molar-refractivity contribution < 1.29 is 19.0 Å². The number of nitrogens with one attached hydrogen (secondary N) is 1. The van der Waals surface area contributed by atoms with Gasteiger partial charge in [-0.15, -0.1) is 0 Å². The molecule has 0 fully saturated rings. The Morgan fingerprint density at radius 1 is 1.00 bits per heavy atom. The third kappa shape index (κ3) is 5.01. The van der Waals surface area contributed by atoms with Gasteiger partial charge in [0.05, 0.1) is 19.0 Å². The summed E-state index contributed by atoms with van der Waals surface area (Å²) in [4.78, 5) is 16.3. The number of methoxy groups -OCH3 is 1. The number of nitrogens with zero attached hydrogens (tertiary/aromatic N) is 1. The highest BCUT2D eigenvalue weighted by Crippen LogP contribution is 2.30. The van der Waals surface area contributed by atoms with Crippen LogP contribution in [0.1, 0.15) is 11.1 Å². The van der Waals surface area contributed by atoms with E-state index in [1.54, 1.807) is 31.4 Å². The molecule has 0 saturated carbocycles. The third-order valence-electron chi connectivity index (χ3n) is 4.01. The van der Waals surface area contributed by atoms with Crippen molar-refractivity contribution in [1.29, 1.82) is 0 Å². The lowest BCUT2D eigenvalue weighted by atomic mass is 10.1. The smallest absolute Gasteiger partial charge is 0.262 e. The molecule has 0 unspecified atom stereocenters. The third-order valence-corrected chi connectivity index (χ3v) is 4.01. The summed E-state index contributed by atoms with van der Waals surface area (Å²) in [5, 5.41) is 2.75. The summed E-state index contributed by atoms with van der Waals surface area (Å²) in [7, 11) is 1.58. The predicted molar refractivity (Wildman–Crippen MR) is 107 cm³/mol. The minimum Gasteiger partial charge on any atom is -0.493 e. The number of aryl methyl sites for hydroxylation is 2. The summed E-state index contributed by atoms with van der Waals surface area (Å²) in [5.74, 6) is 2.02. The molecular formula is C22H22N2O4. The van der Waals surface area contributed by atoms with Crippen LogP contribution in [0.4, 0.5) is 5.69 Å². The average molecular weight is 378 g/mol. The van der Waals surface area contributed by atoms with Crippen molar-refractivity contribution >= 4 is 11.6 Å². The van der Waals surface area contributed by atoms with Gasteiger partial charge in [0.1, 0.15) is 5.75 Å². The number of benzene rings is 2. The zero-order valence-electron chi connectivity index (χ0n) is 16.1. The van der Waals surface area contributed by atoms with Crippen LogP contribution in [0, 0.1) is 13.8 Å². The van der Waals surface area contributed by atoms with E-state index in [9.17, 15) is 4.79 Å². The molecule has 28 heavy (non-hydrogen) atoms. The fraction of sp³-hybridized carbons (Fsp3) is 0.182. The first-order valence-electron chi connectivity index (χ1n) is 8.82. The molecule has 2 aromatic carbocycles. The molecule has 6 heteroatoms. The van der Waals surface area contributed by atoms with Gasteiger partial charge in [0.25, 0.3) is 5.91 Å². The van der Waals surface area contributed by atoms with Gasteiger partial charge in [-0.2, -0.15) is 0 Å². The highest BCUT2D eigenvalue weighted by molar-refractivity contribution is 5.91. The molecule has 0 aliphatic carbocycles. The van der Waals surface area contributed by atoms with Crippen molar-refractivity contribution in [3.63, 3.8) is 0 Å². The Labute approximate surface area is 164 Å². The van der Waals surface area contributed by atoms with Crippen LogP contribution in [0.15, 0.2) is 60.8 Å². The van der Waals surface area contributed by atoms with Crippen molar-refractivity contribution in [2.75, 3.05) is 19.0 Å². The summed E-state index contributed by atoms with van der Waals surface area (Å²) in [6.07, 6.45) is 1.53. The minimum atomic E-state index is -0.263. The van der Waals surface area contributed by atoms with E-state index in [1.165, 1.54) is 6.20 Å². The predicted octanol–water partition coefficient (Wildman–Crippen LogP) is 4.52. The van der Waals surface area contributed by atoms with Crippen molar-refractivity contribution in [2.24, 2.45) is 0 Å². The molecule has 0 aliphatic rings. The van der Waals surface area contributed by atoms with Gasteiger partial charge < -0.3 is 19.5 Å². The van der Waals surface area contributed by atoms with E-state index in [-0.39, 0.29) is 12.5 Å². The highest BCUT2D eigenvalue weighted by Gasteiger charge is 2.08. The number of rotatable bonds is 7. The van der Waals surface area contributed by atoms with E-state index in [2.05, 4.69) is 10.3 Å². The summed E-state index contributed by atoms with van der Waals surface area (Å²) >= 11 is 0. The van der Waals surface area contributed by atoms with Crippen LogP contribution in [-0.4, -0.2) is 24.6 Å². The summed E-state index contributed by atoms with van der Waals surface area (Å²) < 4.78 is 16.6. The molecule has 0 aliphatic heterocycles. The Hall–Kier alpha value is -3.54. The first-order valence-corrected chi connectivity index (χ1v) is 8.82. The monoisotopic (exact) mass is 378 g/mol. The maximum Gasteiger partial charge on any atom is 0.262 e. The number of hydrogen-bond acceptors (Lipinski definition) is 5. The Morgan fingerprint density at radius 3 is 2.50 bits per heavy atom. The first-order chi connectivity index (χ1) is 13.5. The molecule has 0 radical (unpaired) electrons. The fourth-order valence-electron chi connectivity index (χ4n) is 2.53. The van der Waals surface area contributed by atoms with Crippen LogP contribution >= 0.6 is 0 Å². The van der Waals surface area contributed by atoms with Gasteiger partial charge in [0.2, 0.25) is 5.88 Å². The second kappa shape index (κ2) is 8.90. The molecule has 0 saturated heterocycles. The number of hydrogen-bond donors (Lipinski definition) is 1. The van der Waals surface area contributed by atoms with Crippen LogP contribution in [0.25, 0.3) is 0 Å². The van der Waals surface area contributed by atoms with E-state index in [1.807, 2.05) is 44.2 Å². The topological polar surface area (TPSA) is 69.7 Å².